The Hall–Kier alpha value is -2.04. The van der Waals surface area contributed by atoms with Crippen molar-refractivity contribution in [3.05, 3.63) is 24.0 Å². The number of H-pyrrole nitrogens is 1. The number of hydrogen-bond acceptors (Lipinski definition) is 3. The topological polar surface area (TPSA) is 75.0 Å². The third kappa shape index (κ3) is 2.28. The summed E-state index contributed by atoms with van der Waals surface area (Å²) in [7, 11) is 0. The van der Waals surface area contributed by atoms with Gasteiger partial charge in [0.05, 0.1) is 11.0 Å². The Morgan fingerprint density at radius 3 is 2.84 bits per heavy atom. The van der Waals surface area contributed by atoms with E-state index < -0.39 is 0 Å². The van der Waals surface area contributed by atoms with Crippen LogP contribution in [-0.2, 0) is 4.79 Å². The maximum absolute atomic E-state index is 11.3. The smallest absolute Gasteiger partial charge is 0.219 e. The molecule has 0 spiro atoms. The number of aromatic amines is 1. The van der Waals surface area contributed by atoms with Crippen molar-refractivity contribution in [2.45, 2.75) is 25.7 Å². The molecule has 0 saturated carbocycles. The molecule has 100 valence electrons. The van der Waals surface area contributed by atoms with E-state index >= 15 is 0 Å². The van der Waals surface area contributed by atoms with E-state index in [4.69, 9.17) is 5.73 Å². The number of imidazole rings is 1. The number of hydrogen-bond donors (Lipinski definition) is 2. The third-order valence-electron chi connectivity index (χ3n) is 3.85. The van der Waals surface area contributed by atoms with E-state index in [1.807, 2.05) is 23.1 Å². The second-order valence-corrected chi connectivity index (χ2v) is 5.18. The highest BCUT2D eigenvalue weighted by atomic mass is 16.2. The van der Waals surface area contributed by atoms with Gasteiger partial charge in [-0.3, -0.25) is 4.79 Å². The minimum Gasteiger partial charge on any atom is -0.399 e. The first-order chi connectivity index (χ1) is 9.13. The van der Waals surface area contributed by atoms with Crippen molar-refractivity contribution in [1.29, 1.82) is 0 Å². The van der Waals surface area contributed by atoms with Crippen LogP contribution in [0.3, 0.4) is 0 Å². The van der Waals surface area contributed by atoms with Gasteiger partial charge in [-0.15, -0.1) is 0 Å². The number of carbonyl (C=O) groups excluding carboxylic acids is 1. The summed E-state index contributed by atoms with van der Waals surface area (Å²) in [5.41, 5.74) is 8.44. The number of amides is 1. The van der Waals surface area contributed by atoms with E-state index in [1.165, 1.54) is 0 Å². The molecule has 2 aromatic rings. The molecule has 1 amide bonds. The molecule has 2 heterocycles. The second kappa shape index (κ2) is 4.57. The Bertz CT molecular complexity index is 611. The third-order valence-corrected chi connectivity index (χ3v) is 3.85. The maximum Gasteiger partial charge on any atom is 0.219 e. The highest BCUT2D eigenvalue weighted by molar-refractivity contribution is 5.78. The molecule has 0 aliphatic carbocycles. The molecule has 1 aliphatic rings. The van der Waals surface area contributed by atoms with E-state index in [9.17, 15) is 4.79 Å². The van der Waals surface area contributed by atoms with Crippen molar-refractivity contribution < 1.29 is 4.79 Å². The first-order valence-electron chi connectivity index (χ1n) is 6.64. The minimum absolute atomic E-state index is 0.163. The van der Waals surface area contributed by atoms with Gasteiger partial charge >= 0.3 is 0 Å². The van der Waals surface area contributed by atoms with E-state index in [0.717, 1.165) is 48.5 Å². The fourth-order valence-electron chi connectivity index (χ4n) is 2.70. The molecular weight excluding hydrogens is 240 g/mol. The zero-order valence-corrected chi connectivity index (χ0v) is 11.0. The van der Waals surface area contributed by atoms with Gasteiger partial charge in [0.2, 0.25) is 5.91 Å². The van der Waals surface area contributed by atoms with Gasteiger partial charge < -0.3 is 15.6 Å². The number of anilines is 1. The van der Waals surface area contributed by atoms with Gasteiger partial charge in [0.25, 0.3) is 0 Å². The van der Waals surface area contributed by atoms with Crippen molar-refractivity contribution in [3.63, 3.8) is 0 Å². The lowest BCUT2D eigenvalue weighted by Crippen LogP contribution is -2.36. The normalized spacial score (nSPS) is 17.0. The Labute approximate surface area is 111 Å². The van der Waals surface area contributed by atoms with Crippen LogP contribution < -0.4 is 5.73 Å². The highest BCUT2D eigenvalue weighted by Crippen LogP contribution is 2.28. The van der Waals surface area contributed by atoms with Crippen LogP contribution in [0.15, 0.2) is 18.2 Å². The molecule has 1 aliphatic heterocycles. The molecule has 0 bridgehead atoms. The summed E-state index contributed by atoms with van der Waals surface area (Å²) in [6.45, 7) is 3.27. The predicted octanol–water partition coefficient (Wildman–Crippen LogP) is 1.87. The van der Waals surface area contributed by atoms with Gasteiger partial charge in [-0.05, 0) is 31.0 Å². The number of nitrogens with one attached hydrogen (secondary N) is 1. The van der Waals surface area contributed by atoms with E-state index in [0.29, 0.717) is 5.92 Å². The number of nitrogens with two attached hydrogens (primary N) is 1. The molecule has 1 aromatic carbocycles. The van der Waals surface area contributed by atoms with E-state index in [1.54, 1.807) is 6.92 Å². The van der Waals surface area contributed by atoms with Gasteiger partial charge in [0.15, 0.2) is 0 Å². The average Bonchev–Trinajstić information content (AvgIpc) is 2.81. The minimum atomic E-state index is 0.163. The van der Waals surface area contributed by atoms with Crippen molar-refractivity contribution in [1.82, 2.24) is 14.9 Å². The average molecular weight is 258 g/mol. The number of benzene rings is 1. The van der Waals surface area contributed by atoms with Crippen molar-refractivity contribution >= 4 is 22.6 Å². The SMILES string of the molecule is CC(=O)N1CCC(c2nc3cc(N)ccc3[nH]2)CC1. The Morgan fingerprint density at radius 2 is 2.16 bits per heavy atom. The van der Waals surface area contributed by atoms with E-state index in [-0.39, 0.29) is 5.91 Å². The van der Waals surface area contributed by atoms with Crippen molar-refractivity contribution in [2.75, 3.05) is 18.8 Å². The van der Waals surface area contributed by atoms with Gasteiger partial charge in [-0.25, -0.2) is 4.98 Å². The number of rotatable bonds is 1. The monoisotopic (exact) mass is 258 g/mol. The number of aromatic nitrogens is 2. The lowest BCUT2D eigenvalue weighted by Gasteiger charge is -2.30. The number of likely N-dealkylation sites (tertiary alicyclic amines) is 1. The summed E-state index contributed by atoms with van der Waals surface area (Å²) >= 11 is 0. The molecule has 1 aromatic heterocycles. The molecular formula is C14H18N4O. The van der Waals surface area contributed by atoms with Crippen LogP contribution in [0.2, 0.25) is 0 Å². The summed E-state index contributed by atoms with van der Waals surface area (Å²) in [4.78, 5) is 21.2. The van der Waals surface area contributed by atoms with Gasteiger partial charge in [-0.2, -0.15) is 0 Å². The van der Waals surface area contributed by atoms with Crippen molar-refractivity contribution in [3.8, 4) is 0 Å². The number of carbonyl (C=O) groups is 1. The van der Waals surface area contributed by atoms with Crippen LogP contribution in [0.4, 0.5) is 5.69 Å². The Balaban J connectivity index is 1.80. The summed E-state index contributed by atoms with van der Waals surface area (Å²) in [6, 6.07) is 5.73. The standard InChI is InChI=1S/C14H18N4O/c1-9(19)18-6-4-10(5-7-18)14-16-12-3-2-11(15)8-13(12)17-14/h2-3,8,10H,4-7,15H2,1H3,(H,16,17). The van der Waals surface area contributed by atoms with Gasteiger partial charge in [0.1, 0.15) is 5.82 Å². The van der Waals surface area contributed by atoms with Crippen LogP contribution in [0, 0.1) is 0 Å². The highest BCUT2D eigenvalue weighted by Gasteiger charge is 2.24. The molecule has 3 rings (SSSR count). The molecule has 1 saturated heterocycles. The first-order valence-corrected chi connectivity index (χ1v) is 6.64. The second-order valence-electron chi connectivity index (χ2n) is 5.18. The van der Waals surface area contributed by atoms with Crippen LogP contribution in [0.25, 0.3) is 11.0 Å². The summed E-state index contributed by atoms with van der Waals surface area (Å²) < 4.78 is 0. The molecule has 19 heavy (non-hydrogen) atoms. The van der Waals surface area contributed by atoms with Crippen LogP contribution in [-0.4, -0.2) is 33.9 Å². The summed E-state index contributed by atoms with van der Waals surface area (Å²) in [6.07, 6.45) is 1.93. The lowest BCUT2D eigenvalue weighted by molar-refractivity contribution is -0.129. The van der Waals surface area contributed by atoms with Crippen LogP contribution in [0.1, 0.15) is 31.5 Å². The van der Waals surface area contributed by atoms with Gasteiger partial charge in [-0.1, -0.05) is 0 Å². The first kappa shape index (κ1) is 12.0. The number of nitrogens with zero attached hydrogens (tertiary/aromatic N) is 2. The predicted molar refractivity (Wildman–Crippen MR) is 74.7 cm³/mol. The van der Waals surface area contributed by atoms with Gasteiger partial charge in [0, 0.05) is 31.6 Å². The quantitative estimate of drug-likeness (QED) is 0.767. The molecule has 0 atom stereocenters. The largest absolute Gasteiger partial charge is 0.399 e. The number of fused-ring (bicyclic) bond motifs is 1. The molecule has 1 fully saturated rings. The fraction of sp³-hybridized carbons (Fsp3) is 0.429. The molecule has 0 unspecified atom stereocenters. The Kier molecular flexibility index (Phi) is 2.89. The molecule has 0 radical (unpaired) electrons. The zero-order valence-electron chi connectivity index (χ0n) is 11.0. The molecule has 5 nitrogen and oxygen atoms in total. The number of piperidine rings is 1. The summed E-state index contributed by atoms with van der Waals surface area (Å²) in [5.74, 6) is 1.59. The maximum atomic E-state index is 11.3. The fourth-order valence-corrected chi connectivity index (χ4v) is 2.70. The van der Waals surface area contributed by atoms with E-state index in [2.05, 4.69) is 9.97 Å². The number of nitrogen functional groups attached to an aromatic ring is 1. The van der Waals surface area contributed by atoms with Crippen molar-refractivity contribution in [2.24, 2.45) is 0 Å². The lowest BCUT2D eigenvalue weighted by atomic mass is 9.96. The molecule has 5 heteroatoms. The van der Waals surface area contributed by atoms with Crippen LogP contribution in [0.5, 0.6) is 0 Å². The zero-order chi connectivity index (χ0) is 13.4. The Morgan fingerprint density at radius 1 is 1.42 bits per heavy atom. The molecule has 3 N–H and O–H groups in total. The summed E-state index contributed by atoms with van der Waals surface area (Å²) in [5, 5.41) is 0. The van der Waals surface area contributed by atoms with Crippen LogP contribution >= 0.6 is 0 Å².